The van der Waals surface area contributed by atoms with Crippen molar-refractivity contribution in [3.8, 4) is 0 Å². The highest BCUT2D eigenvalue weighted by Crippen LogP contribution is 2.52. The molecule has 0 bridgehead atoms. The smallest absolute Gasteiger partial charge is 0.0945 e. The van der Waals surface area contributed by atoms with Crippen molar-refractivity contribution in [2.45, 2.75) is 87.5 Å². The van der Waals surface area contributed by atoms with Crippen molar-refractivity contribution in [3.63, 3.8) is 0 Å². The fourth-order valence-corrected chi connectivity index (χ4v) is 7.27. The monoisotopic (exact) mass is 340 g/mol. The van der Waals surface area contributed by atoms with Gasteiger partial charge in [-0.25, -0.2) is 4.98 Å². The molecule has 1 saturated heterocycles. The molecule has 0 aromatic carbocycles. The summed E-state index contributed by atoms with van der Waals surface area (Å²) >= 11 is 4.60. The van der Waals surface area contributed by atoms with E-state index in [9.17, 15) is 0 Å². The van der Waals surface area contributed by atoms with Crippen LogP contribution >= 0.6 is 23.5 Å². The molecule has 1 aromatic heterocycles. The molecule has 1 fully saturated rings. The Morgan fingerprint density at radius 1 is 1.18 bits per heavy atom. The van der Waals surface area contributed by atoms with Crippen LogP contribution in [0.15, 0.2) is 18.7 Å². The van der Waals surface area contributed by atoms with E-state index in [1.807, 2.05) is 12.5 Å². The number of hydrogen-bond acceptors (Lipinski definition) is 3. The quantitative estimate of drug-likeness (QED) is 0.522. The fourth-order valence-electron chi connectivity index (χ4n) is 3.19. The van der Waals surface area contributed by atoms with E-state index in [0.717, 1.165) is 11.8 Å². The van der Waals surface area contributed by atoms with Crippen LogP contribution in [0, 0.1) is 0 Å². The zero-order valence-electron chi connectivity index (χ0n) is 14.3. The molecule has 2 unspecified atom stereocenters. The Morgan fingerprint density at radius 2 is 2.00 bits per heavy atom. The van der Waals surface area contributed by atoms with Gasteiger partial charge in [0.15, 0.2) is 0 Å². The number of thioether (sulfide) groups is 2. The van der Waals surface area contributed by atoms with Gasteiger partial charge in [0.05, 0.1) is 10.4 Å². The van der Waals surface area contributed by atoms with Crippen LogP contribution in [0.5, 0.6) is 0 Å². The van der Waals surface area contributed by atoms with Crippen LogP contribution in [0.2, 0.25) is 0 Å². The maximum atomic E-state index is 4.15. The Morgan fingerprint density at radius 3 is 2.73 bits per heavy atom. The van der Waals surface area contributed by atoms with Crippen LogP contribution < -0.4 is 0 Å². The maximum Gasteiger partial charge on any atom is 0.0945 e. The van der Waals surface area contributed by atoms with Gasteiger partial charge >= 0.3 is 0 Å². The lowest BCUT2D eigenvalue weighted by Crippen LogP contribution is -2.30. The van der Waals surface area contributed by atoms with Crippen molar-refractivity contribution in [1.29, 1.82) is 0 Å². The minimum atomic E-state index is 0.493. The van der Waals surface area contributed by atoms with E-state index < -0.39 is 0 Å². The summed E-state index contributed by atoms with van der Waals surface area (Å²) < 4.78 is 2.72. The Bertz CT molecular complexity index is 394. The third-order valence-electron chi connectivity index (χ3n) is 4.51. The molecule has 1 aliphatic heterocycles. The summed E-state index contributed by atoms with van der Waals surface area (Å²) in [5.74, 6) is 1.37. The minimum absolute atomic E-state index is 0.493. The second kappa shape index (κ2) is 9.92. The van der Waals surface area contributed by atoms with Crippen LogP contribution in [0.4, 0.5) is 0 Å². The fraction of sp³-hybridized carbons (Fsp3) is 0.833. The van der Waals surface area contributed by atoms with E-state index in [1.165, 1.54) is 63.5 Å². The third-order valence-corrected chi connectivity index (χ3v) is 8.17. The lowest BCUT2D eigenvalue weighted by Gasteiger charge is -2.40. The van der Waals surface area contributed by atoms with E-state index >= 15 is 0 Å². The SMILES string of the molecule is CCCCC1CCSC(CCCC)(CCCn2ccnc2)S1. The number of nitrogens with zero attached hydrogens (tertiary/aromatic N) is 2. The Balaban J connectivity index is 1.87. The van der Waals surface area contributed by atoms with Crippen molar-refractivity contribution in [2.75, 3.05) is 5.75 Å². The average Bonchev–Trinajstić information content (AvgIpc) is 3.05. The predicted molar refractivity (Wildman–Crippen MR) is 102 cm³/mol. The molecule has 2 atom stereocenters. The molecule has 0 N–H and O–H groups in total. The first-order chi connectivity index (χ1) is 10.8. The number of imidazole rings is 1. The number of rotatable bonds is 10. The molecule has 1 aliphatic rings. The molecule has 22 heavy (non-hydrogen) atoms. The lowest BCUT2D eigenvalue weighted by molar-refractivity contribution is 0.537. The maximum absolute atomic E-state index is 4.15. The second-order valence-corrected chi connectivity index (χ2v) is 9.86. The highest BCUT2D eigenvalue weighted by atomic mass is 32.2. The van der Waals surface area contributed by atoms with E-state index in [2.05, 4.69) is 53.1 Å². The normalized spacial score (nSPS) is 25.5. The summed E-state index contributed by atoms with van der Waals surface area (Å²) in [6.45, 7) is 5.76. The van der Waals surface area contributed by atoms with Crippen LogP contribution in [-0.2, 0) is 6.54 Å². The second-order valence-electron chi connectivity index (χ2n) is 6.44. The van der Waals surface area contributed by atoms with Gasteiger partial charge in [0.2, 0.25) is 0 Å². The molecule has 0 saturated carbocycles. The zero-order chi connectivity index (χ0) is 15.7. The van der Waals surface area contributed by atoms with E-state index in [1.54, 1.807) is 0 Å². The molecule has 2 nitrogen and oxygen atoms in total. The van der Waals surface area contributed by atoms with E-state index in [-0.39, 0.29) is 0 Å². The molecule has 0 spiro atoms. The molecule has 2 heterocycles. The van der Waals surface area contributed by atoms with Crippen LogP contribution in [0.3, 0.4) is 0 Å². The molecule has 0 aliphatic carbocycles. The lowest BCUT2D eigenvalue weighted by atomic mass is 10.1. The van der Waals surface area contributed by atoms with Gasteiger partial charge in [0, 0.05) is 24.2 Å². The first-order valence-electron chi connectivity index (χ1n) is 9.05. The summed E-state index contributed by atoms with van der Waals surface area (Å²) in [4.78, 5) is 4.15. The molecule has 2 rings (SSSR count). The summed E-state index contributed by atoms with van der Waals surface area (Å²) in [6, 6.07) is 0. The molecule has 0 radical (unpaired) electrons. The van der Waals surface area contributed by atoms with Gasteiger partial charge in [-0.2, -0.15) is 0 Å². The summed E-state index contributed by atoms with van der Waals surface area (Å²) in [7, 11) is 0. The summed E-state index contributed by atoms with van der Waals surface area (Å²) in [5, 5.41) is 0.909. The highest BCUT2D eigenvalue weighted by molar-refractivity contribution is 8.19. The summed E-state index contributed by atoms with van der Waals surface area (Å²) in [6.07, 6.45) is 18.2. The van der Waals surface area contributed by atoms with E-state index in [4.69, 9.17) is 0 Å². The van der Waals surface area contributed by atoms with Crippen LogP contribution in [-0.4, -0.2) is 24.6 Å². The predicted octanol–water partition coefficient (Wildman–Crippen LogP) is 5.98. The van der Waals surface area contributed by atoms with Crippen molar-refractivity contribution in [2.24, 2.45) is 0 Å². The number of aromatic nitrogens is 2. The Kier molecular flexibility index (Phi) is 8.23. The topological polar surface area (TPSA) is 17.8 Å². The van der Waals surface area contributed by atoms with Gasteiger partial charge in [-0.15, -0.1) is 23.5 Å². The molecular weight excluding hydrogens is 308 g/mol. The van der Waals surface area contributed by atoms with Crippen LogP contribution in [0.1, 0.15) is 71.6 Å². The van der Waals surface area contributed by atoms with Crippen molar-refractivity contribution in [3.05, 3.63) is 18.7 Å². The Labute approximate surface area is 145 Å². The number of hydrogen-bond donors (Lipinski definition) is 0. The largest absolute Gasteiger partial charge is 0.337 e. The molecule has 4 heteroatoms. The van der Waals surface area contributed by atoms with Crippen LogP contribution in [0.25, 0.3) is 0 Å². The van der Waals surface area contributed by atoms with Gasteiger partial charge < -0.3 is 4.57 Å². The molecule has 0 amide bonds. The first-order valence-corrected chi connectivity index (χ1v) is 10.9. The number of unbranched alkanes of at least 4 members (excludes halogenated alkanes) is 2. The number of aryl methyl sites for hydroxylation is 1. The summed E-state index contributed by atoms with van der Waals surface area (Å²) in [5.41, 5.74) is 0. The van der Waals surface area contributed by atoms with Gasteiger partial charge in [0.1, 0.15) is 0 Å². The van der Waals surface area contributed by atoms with Gasteiger partial charge in [-0.05, 0) is 37.9 Å². The first kappa shape index (κ1) is 18.3. The molecule has 1 aromatic rings. The van der Waals surface area contributed by atoms with Crippen molar-refractivity contribution < 1.29 is 0 Å². The standard InChI is InChI=1S/C18H32N2S2/c1-3-5-8-17-9-15-21-18(22-17,10-6-4-2)11-7-13-20-14-12-19-16-20/h12,14,16-17H,3-11,13,15H2,1-2H3. The minimum Gasteiger partial charge on any atom is -0.337 e. The highest BCUT2D eigenvalue weighted by Gasteiger charge is 2.36. The van der Waals surface area contributed by atoms with Crippen molar-refractivity contribution >= 4 is 23.5 Å². The molecule has 126 valence electrons. The average molecular weight is 341 g/mol. The zero-order valence-corrected chi connectivity index (χ0v) is 15.9. The van der Waals surface area contributed by atoms with Gasteiger partial charge in [-0.1, -0.05) is 39.5 Å². The van der Waals surface area contributed by atoms with Gasteiger partial charge in [-0.3, -0.25) is 0 Å². The van der Waals surface area contributed by atoms with Gasteiger partial charge in [0.25, 0.3) is 0 Å². The van der Waals surface area contributed by atoms with E-state index in [0.29, 0.717) is 4.08 Å². The Hall–Kier alpha value is -0.0900. The third kappa shape index (κ3) is 5.84. The molecular formula is C18H32N2S2. The van der Waals surface area contributed by atoms with Crippen molar-refractivity contribution in [1.82, 2.24) is 9.55 Å².